The normalized spacial score (nSPS) is 11.1. The van der Waals surface area contributed by atoms with Gasteiger partial charge in [-0.3, -0.25) is 4.72 Å². The summed E-state index contributed by atoms with van der Waals surface area (Å²) < 4.78 is 27.3. The van der Waals surface area contributed by atoms with Gasteiger partial charge in [-0.25, -0.2) is 8.42 Å². The zero-order chi connectivity index (χ0) is 12.3. The lowest BCUT2D eigenvalue weighted by molar-refractivity contribution is 0.601. The van der Waals surface area contributed by atoms with Crippen molar-refractivity contribution in [1.82, 2.24) is 0 Å². The fraction of sp³-hybridized carbons (Fsp3) is 0. The summed E-state index contributed by atoms with van der Waals surface area (Å²) in [5.41, 5.74) is 0.531. The number of halogens is 1. The molecule has 0 fully saturated rings. The second kappa shape index (κ2) is 4.89. The van der Waals surface area contributed by atoms with E-state index in [1.807, 2.05) is 6.07 Å². The predicted octanol–water partition coefficient (Wildman–Crippen LogP) is 3.25. The summed E-state index contributed by atoms with van der Waals surface area (Å²) in [6.07, 6.45) is 0. The van der Waals surface area contributed by atoms with Crippen molar-refractivity contribution in [2.45, 2.75) is 4.90 Å². The van der Waals surface area contributed by atoms with E-state index in [2.05, 4.69) is 20.7 Å². The van der Waals surface area contributed by atoms with E-state index in [1.165, 1.54) is 0 Å². The monoisotopic (exact) mass is 311 g/mol. The van der Waals surface area contributed by atoms with E-state index < -0.39 is 10.0 Å². The minimum Gasteiger partial charge on any atom is -0.280 e. The molecule has 0 amide bonds. The van der Waals surface area contributed by atoms with E-state index in [1.54, 1.807) is 48.5 Å². The van der Waals surface area contributed by atoms with Crippen LogP contribution in [0.3, 0.4) is 0 Å². The quantitative estimate of drug-likeness (QED) is 0.945. The average molecular weight is 312 g/mol. The SMILES string of the molecule is O=S(=O)(Nc1cccc(Br)c1)c1ccccc1. The molecule has 0 radical (unpaired) electrons. The third-order valence-electron chi connectivity index (χ3n) is 2.13. The van der Waals surface area contributed by atoms with Crippen LogP contribution in [0.15, 0.2) is 64.0 Å². The molecule has 5 heteroatoms. The van der Waals surface area contributed by atoms with Crippen LogP contribution in [0.5, 0.6) is 0 Å². The highest BCUT2D eigenvalue weighted by molar-refractivity contribution is 9.10. The highest BCUT2D eigenvalue weighted by Gasteiger charge is 2.12. The van der Waals surface area contributed by atoms with E-state index in [0.29, 0.717) is 5.69 Å². The van der Waals surface area contributed by atoms with Gasteiger partial charge >= 0.3 is 0 Å². The molecule has 0 unspecified atom stereocenters. The second-order valence-corrected chi connectivity index (χ2v) is 6.03. The van der Waals surface area contributed by atoms with Gasteiger partial charge < -0.3 is 0 Å². The molecule has 3 nitrogen and oxygen atoms in total. The molecule has 0 aromatic heterocycles. The third kappa shape index (κ3) is 3.08. The minimum absolute atomic E-state index is 0.250. The van der Waals surface area contributed by atoms with Gasteiger partial charge in [0, 0.05) is 10.2 Å². The molecule has 88 valence electrons. The fourth-order valence-corrected chi connectivity index (χ4v) is 2.84. The van der Waals surface area contributed by atoms with Gasteiger partial charge in [-0.1, -0.05) is 40.2 Å². The molecule has 0 heterocycles. The van der Waals surface area contributed by atoms with Crippen molar-refractivity contribution in [2.75, 3.05) is 4.72 Å². The largest absolute Gasteiger partial charge is 0.280 e. The van der Waals surface area contributed by atoms with Crippen LogP contribution in [-0.2, 0) is 10.0 Å². The minimum atomic E-state index is -3.50. The Morgan fingerprint density at radius 2 is 1.65 bits per heavy atom. The Balaban J connectivity index is 2.30. The van der Waals surface area contributed by atoms with Crippen molar-refractivity contribution in [3.8, 4) is 0 Å². The molecule has 0 bridgehead atoms. The van der Waals surface area contributed by atoms with Crippen LogP contribution in [-0.4, -0.2) is 8.42 Å². The van der Waals surface area contributed by atoms with Crippen molar-refractivity contribution >= 4 is 31.6 Å². The lowest BCUT2D eigenvalue weighted by Crippen LogP contribution is -2.12. The number of hydrogen-bond acceptors (Lipinski definition) is 2. The van der Waals surface area contributed by atoms with Crippen LogP contribution in [0.1, 0.15) is 0 Å². The van der Waals surface area contributed by atoms with E-state index in [0.717, 1.165) is 4.47 Å². The van der Waals surface area contributed by atoms with Crippen molar-refractivity contribution in [2.24, 2.45) is 0 Å². The van der Waals surface area contributed by atoms with Crippen LogP contribution < -0.4 is 4.72 Å². The molecule has 0 saturated heterocycles. The summed E-state index contributed by atoms with van der Waals surface area (Å²) in [6.45, 7) is 0. The second-order valence-electron chi connectivity index (χ2n) is 3.43. The third-order valence-corrected chi connectivity index (χ3v) is 4.02. The molecule has 0 aliphatic carbocycles. The molecule has 1 N–H and O–H groups in total. The van der Waals surface area contributed by atoms with E-state index >= 15 is 0 Å². The number of benzene rings is 2. The smallest absolute Gasteiger partial charge is 0.261 e. The molecule has 0 aliphatic heterocycles. The maximum atomic E-state index is 12.0. The van der Waals surface area contributed by atoms with Gasteiger partial charge in [0.25, 0.3) is 10.0 Å². The van der Waals surface area contributed by atoms with Crippen molar-refractivity contribution in [1.29, 1.82) is 0 Å². The first-order valence-electron chi connectivity index (χ1n) is 4.91. The fourth-order valence-electron chi connectivity index (χ4n) is 1.37. The van der Waals surface area contributed by atoms with Gasteiger partial charge in [-0.05, 0) is 30.3 Å². The number of nitrogens with one attached hydrogen (secondary N) is 1. The highest BCUT2D eigenvalue weighted by Crippen LogP contribution is 2.19. The summed E-state index contributed by atoms with van der Waals surface area (Å²) in [7, 11) is -3.50. The molecule has 2 rings (SSSR count). The van der Waals surface area contributed by atoms with Gasteiger partial charge in [0.2, 0.25) is 0 Å². The van der Waals surface area contributed by atoms with Crippen molar-refractivity contribution < 1.29 is 8.42 Å². The summed E-state index contributed by atoms with van der Waals surface area (Å²) >= 11 is 3.29. The summed E-state index contributed by atoms with van der Waals surface area (Å²) in [5.74, 6) is 0. The van der Waals surface area contributed by atoms with E-state index in [-0.39, 0.29) is 4.90 Å². The van der Waals surface area contributed by atoms with Crippen LogP contribution in [0, 0.1) is 0 Å². The molecule has 0 spiro atoms. The molecular formula is C12H10BrNO2S. The lowest BCUT2D eigenvalue weighted by Gasteiger charge is -2.07. The van der Waals surface area contributed by atoms with Gasteiger partial charge in [0.05, 0.1) is 4.90 Å². The molecule has 17 heavy (non-hydrogen) atoms. The van der Waals surface area contributed by atoms with Crippen molar-refractivity contribution in [3.05, 3.63) is 59.1 Å². The maximum Gasteiger partial charge on any atom is 0.261 e. The Labute approximate surface area is 109 Å². The first kappa shape index (κ1) is 12.1. The Kier molecular flexibility index (Phi) is 3.49. The first-order valence-corrected chi connectivity index (χ1v) is 7.19. The highest BCUT2D eigenvalue weighted by atomic mass is 79.9. The van der Waals surface area contributed by atoms with Crippen LogP contribution in [0.25, 0.3) is 0 Å². The maximum absolute atomic E-state index is 12.0. The molecule has 0 saturated carbocycles. The molecule has 2 aromatic carbocycles. The number of sulfonamides is 1. The number of hydrogen-bond donors (Lipinski definition) is 1. The topological polar surface area (TPSA) is 46.2 Å². The van der Waals surface area contributed by atoms with Crippen LogP contribution in [0.2, 0.25) is 0 Å². The van der Waals surface area contributed by atoms with Gasteiger partial charge in [0.1, 0.15) is 0 Å². The lowest BCUT2D eigenvalue weighted by atomic mass is 10.3. The molecule has 2 aromatic rings. The molecule has 0 atom stereocenters. The summed E-state index contributed by atoms with van der Waals surface area (Å²) in [5, 5.41) is 0. The zero-order valence-corrected chi connectivity index (χ0v) is 11.2. The summed E-state index contributed by atoms with van der Waals surface area (Å²) in [6, 6.07) is 15.3. The first-order chi connectivity index (χ1) is 8.08. The van der Waals surface area contributed by atoms with Crippen molar-refractivity contribution in [3.63, 3.8) is 0 Å². The predicted molar refractivity (Wildman–Crippen MR) is 71.4 cm³/mol. The summed E-state index contributed by atoms with van der Waals surface area (Å²) in [4.78, 5) is 0.250. The Hall–Kier alpha value is -1.33. The average Bonchev–Trinajstić information content (AvgIpc) is 2.29. The Morgan fingerprint density at radius 3 is 2.29 bits per heavy atom. The van der Waals surface area contributed by atoms with E-state index in [4.69, 9.17) is 0 Å². The Bertz CT molecular complexity index is 611. The number of rotatable bonds is 3. The van der Waals surface area contributed by atoms with Crippen LogP contribution >= 0.6 is 15.9 Å². The zero-order valence-electron chi connectivity index (χ0n) is 8.80. The standard InChI is InChI=1S/C12H10BrNO2S/c13-10-5-4-6-11(9-10)14-17(15,16)12-7-2-1-3-8-12/h1-9,14H. The van der Waals surface area contributed by atoms with E-state index in [9.17, 15) is 8.42 Å². The molecular weight excluding hydrogens is 302 g/mol. The number of anilines is 1. The Morgan fingerprint density at radius 1 is 0.941 bits per heavy atom. The molecule has 0 aliphatic rings. The van der Waals surface area contributed by atoms with Gasteiger partial charge in [0.15, 0.2) is 0 Å². The van der Waals surface area contributed by atoms with Crippen LogP contribution in [0.4, 0.5) is 5.69 Å². The van der Waals surface area contributed by atoms with Gasteiger partial charge in [-0.15, -0.1) is 0 Å². The van der Waals surface area contributed by atoms with Gasteiger partial charge in [-0.2, -0.15) is 0 Å².